The van der Waals surface area contributed by atoms with Crippen molar-refractivity contribution in [2.24, 2.45) is 5.92 Å². The van der Waals surface area contributed by atoms with Gasteiger partial charge < -0.3 is 10.4 Å². The molecule has 146 valence electrons. The summed E-state index contributed by atoms with van der Waals surface area (Å²) in [6, 6.07) is 11.1. The summed E-state index contributed by atoms with van der Waals surface area (Å²) in [6.07, 6.45) is 0.266. The normalized spacial score (nSPS) is 13.1. The number of nitrogens with one attached hydrogen (secondary N) is 1. The molecule has 0 radical (unpaired) electrons. The number of benzene rings is 2. The Kier molecular flexibility index (Phi) is 6.56. The molecular weight excluding hydrogens is 368 g/mol. The van der Waals surface area contributed by atoms with E-state index in [2.05, 4.69) is 5.32 Å². The highest BCUT2D eigenvalue weighted by Gasteiger charge is 2.26. The first-order chi connectivity index (χ1) is 12.6. The number of rotatable bonds is 8. The molecule has 0 aliphatic carbocycles. The molecule has 7 nitrogen and oxygen atoms in total. The summed E-state index contributed by atoms with van der Waals surface area (Å²) in [4.78, 5) is 23.5. The minimum Gasteiger partial charge on any atom is -0.480 e. The number of likely N-dealkylation sites (N-methyl/N-ethyl adjacent to an activating group) is 1. The van der Waals surface area contributed by atoms with Crippen LogP contribution in [0.15, 0.2) is 47.4 Å². The molecule has 0 spiro atoms. The number of carbonyl (C=O) groups is 2. The number of carbonyl (C=O) groups excluding carboxylic acids is 1. The number of nitrogens with zero attached hydrogens (tertiary/aromatic N) is 1. The molecule has 0 saturated heterocycles. The van der Waals surface area contributed by atoms with Gasteiger partial charge in [0, 0.05) is 7.05 Å². The largest absolute Gasteiger partial charge is 0.480 e. The van der Waals surface area contributed by atoms with E-state index < -0.39 is 34.5 Å². The number of hydrogen-bond acceptors (Lipinski definition) is 4. The highest BCUT2D eigenvalue weighted by Crippen LogP contribution is 2.21. The maximum absolute atomic E-state index is 12.7. The van der Waals surface area contributed by atoms with Crippen LogP contribution in [0, 0.1) is 5.92 Å². The molecule has 0 unspecified atom stereocenters. The minimum atomic E-state index is -3.88. The summed E-state index contributed by atoms with van der Waals surface area (Å²) in [7, 11) is -2.59. The molecule has 2 aromatic carbocycles. The van der Waals surface area contributed by atoms with Crippen molar-refractivity contribution in [2.45, 2.75) is 31.2 Å². The Labute approximate surface area is 159 Å². The van der Waals surface area contributed by atoms with Gasteiger partial charge in [-0.25, -0.2) is 13.2 Å². The first-order valence-corrected chi connectivity index (χ1v) is 10.0. The van der Waals surface area contributed by atoms with Crippen LogP contribution in [0.4, 0.5) is 0 Å². The summed E-state index contributed by atoms with van der Waals surface area (Å²) in [5, 5.41) is 13.3. The van der Waals surface area contributed by atoms with Gasteiger partial charge in [-0.2, -0.15) is 4.31 Å². The van der Waals surface area contributed by atoms with Crippen molar-refractivity contribution >= 4 is 32.7 Å². The van der Waals surface area contributed by atoms with Crippen LogP contribution in [0.3, 0.4) is 0 Å². The van der Waals surface area contributed by atoms with Crippen molar-refractivity contribution < 1.29 is 23.1 Å². The molecule has 0 saturated carbocycles. The number of carboxylic acid groups (broad SMARTS) is 1. The monoisotopic (exact) mass is 392 g/mol. The molecule has 2 rings (SSSR count). The lowest BCUT2D eigenvalue weighted by Gasteiger charge is -2.20. The number of sulfonamides is 1. The smallest absolute Gasteiger partial charge is 0.326 e. The van der Waals surface area contributed by atoms with Crippen molar-refractivity contribution in [2.75, 3.05) is 13.6 Å². The van der Waals surface area contributed by atoms with E-state index in [9.17, 15) is 23.1 Å². The Bertz CT molecular complexity index is 940. The minimum absolute atomic E-state index is 0.0745. The van der Waals surface area contributed by atoms with Crippen LogP contribution < -0.4 is 5.32 Å². The maximum atomic E-state index is 12.7. The van der Waals surface area contributed by atoms with E-state index in [1.54, 1.807) is 12.1 Å². The van der Waals surface area contributed by atoms with Gasteiger partial charge in [0.25, 0.3) is 0 Å². The summed E-state index contributed by atoms with van der Waals surface area (Å²) in [5.74, 6) is -1.72. The van der Waals surface area contributed by atoms with Crippen LogP contribution in [0.1, 0.15) is 20.3 Å². The van der Waals surface area contributed by atoms with Crippen LogP contribution in [0.5, 0.6) is 0 Å². The Balaban J connectivity index is 2.13. The SMILES string of the molecule is CC(C)C[C@@H](NC(=O)CN(C)S(=O)(=O)c1ccc2ccccc2c1)C(=O)O. The zero-order valence-corrected chi connectivity index (χ0v) is 16.4. The van der Waals surface area contributed by atoms with Gasteiger partial charge in [-0.1, -0.05) is 44.2 Å². The molecule has 0 aromatic heterocycles. The zero-order valence-electron chi connectivity index (χ0n) is 15.5. The van der Waals surface area contributed by atoms with Crippen molar-refractivity contribution in [3.63, 3.8) is 0 Å². The molecule has 1 atom stereocenters. The number of amides is 1. The molecule has 0 aliphatic rings. The van der Waals surface area contributed by atoms with Gasteiger partial charge >= 0.3 is 5.97 Å². The van der Waals surface area contributed by atoms with E-state index in [-0.39, 0.29) is 17.2 Å². The van der Waals surface area contributed by atoms with E-state index in [0.29, 0.717) is 0 Å². The van der Waals surface area contributed by atoms with E-state index >= 15 is 0 Å². The predicted molar refractivity (Wildman–Crippen MR) is 103 cm³/mol. The number of fused-ring (bicyclic) bond motifs is 1. The topological polar surface area (TPSA) is 104 Å². The molecule has 1 amide bonds. The number of carboxylic acids is 1. The summed E-state index contributed by atoms with van der Waals surface area (Å²) in [6.45, 7) is 3.23. The second kappa shape index (κ2) is 8.49. The van der Waals surface area contributed by atoms with E-state index in [1.165, 1.54) is 13.1 Å². The van der Waals surface area contributed by atoms with Gasteiger partial charge in [-0.3, -0.25) is 4.79 Å². The molecule has 0 heterocycles. The van der Waals surface area contributed by atoms with Gasteiger partial charge in [0.15, 0.2) is 0 Å². The molecule has 27 heavy (non-hydrogen) atoms. The van der Waals surface area contributed by atoms with Crippen molar-refractivity contribution in [3.05, 3.63) is 42.5 Å². The first-order valence-electron chi connectivity index (χ1n) is 8.58. The third kappa shape index (κ3) is 5.27. The Morgan fingerprint density at radius 2 is 1.74 bits per heavy atom. The molecule has 2 N–H and O–H groups in total. The number of hydrogen-bond donors (Lipinski definition) is 2. The second-order valence-electron chi connectivity index (χ2n) is 6.86. The first kappa shape index (κ1) is 20.9. The quantitative estimate of drug-likeness (QED) is 0.716. The van der Waals surface area contributed by atoms with Gasteiger partial charge in [0.1, 0.15) is 6.04 Å². The van der Waals surface area contributed by atoms with Gasteiger partial charge in [-0.05, 0) is 35.2 Å². The Morgan fingerprint density at radius 3 is 2.33 bits per heavy atom. The van der Waals surface area contributed by atoms with Crippen molar-refractivity contribution in [1.29, 1.82) is 0 Å². The third-order valence-corrected chi connectivity index (χ3v) is 5.94. The Morgan fingerprint density at radius 1 is 1.11 bits per heavy atom. The molecule has 0 bridgehead atoms. The summed E-state index contributed by atoms with van der Waals surface area (Å²) >= 11 is 0. The van der Waals surface area contributed by atoms with Crippen LogP contribution in [0.2, 0.25) is 0 Å². The van der Waals surface area contributed by atoms with Gasteiger partial charge in [0.05, 0.1) is 11.4 Å². The van der Waals surface area contributed by atoms with Gasteiger partial charge in [0.2, 0.25) is 15.9 Å². The fraction of sp³-hybridized carbons (Fsp3) is 0.368. The van der Waals surface area contributed by atoms with Crippen molar-refractivity contribution in [1.82, 2.24) is 9.62 Å². The maximum Gasteiger partial charge on any atom is 0.326 e. The van der Waals surface area contributed by atoms with Crippen LogP contribution in [0.25, 0.3) is 10.8 Å². The summed E-state index contributed by atoms with van der Waals surface area (Å²) < 4.78 is 26.4. The van der Waals surface area contributed by atoms with Crippen LogP contribution in [-0.4, -0.2) is 49.3 Å². The van der Waals surface area contributed by atoms with E-state index in [4.69, 9.17) is 0 Å². The lowest BCUT2D eigenvalue weighted by molar-refractivity contribution is -0.142. The lowest BCUT2D eigenvalue weighted by atomic mass is 10.0. The molecule has 2 aromatic rings. The highest BCUT2D eigenvalue weighted by atomic mass is 32.2. The molecule has 8 heteroatoms. The standard InChI is InChI=1S/C19H24N2O5S/c1-13(2)10-17(19(23)24)20-18(22)12-21(3)27(25,26)16-9-8-14-6-4-5-7-15(14)11-16/h4-9,11,13,17H,10,12H2,1-3H3,(H,20,22)(H,23,24)/t17-/m1/s1. The average Bonchev–Trinajstić information content (AvgIpc) is 2.60. The van der Waals surface area contributed by atoms with Gasteiger partial charge in [-0.15, -0.1) is 0 Å². The predicted octanol–water partition coefficient (Wildman–Crippen LogP) is 2.08. The number of aliphatic carboxylic acids is 1. The second-order valence-corrected chi connectivity index (χ2v) is 8.90. The van der Waals surface area contributed by atoms with Crippen LogP contribution >= 0.6 is 0 Å². The van der Waals surface area contributed by atoms with E-state index in [0.717, 1.165) is 15.1 Å². The average molecular weight is 392 g/mol. The Hall–Kier alpha value is -2.45. The fourth-order valence-electron chi connectivity index (χ4n) is 2.73. The molecular formula is C19H24N2O5S. The highest BCUT2D eigenvalue weighted by molar-refractivity contribution is 7.89. The molecule has 0 aliphatic heterocycles. The molecule has 0 fully saturated rings. The lowest BCUT2D eigenvalue weighted by Crippen LogP contribution is -2.46. The fourth-order valence-corrected chi connectivity index (χ4v) is 3.89. The van der Waals surface area contributed by atoms with Crippen LogP contribution in [-0.2, 0) is 19.6 Å². The van der Waals surface area contributed by atoms with Crippen molar-refractivity contribution in [3.8, 4) is 0 Å². The zero-order chi connectivity index (χ0) is 20.2. The van der Waals surface area contributed by atoms with E-state index in [1.807, 2.05) is 38.1 Å². The summed E-state index contributed by atoms with van der Waals surface area (Å²) in [5.41, 5.74) is 0. The third-order valence-electron chi connectivity index (χ3n) is 4.14.